The predicted molar refractivity (Wildman–Crippen MR) is 72.2 cm³/mol. The van der Waals surface area contributed by atoms with Gasteiger partial charge in [0.1, 0.15) is 16.5 Å². The van der Waals surface area contributed by atoms with Crippen molar-refractivity contribution >= 4 is 28.0 Å². The van der Waals surface area contributed by atoms with Gasteiger partial charge in [-0.3, -0.25) is 9.59 Å². The zero-order valence-corrected chi connectivity index (χ0v) is 10.4. The van der Waals surface area contributed by atoms with Crippen molar-refractivity contribution in [1.82, 2.24) is 4.57 Å². The molecule has 20 heavy (non-hydrogen) atoms. The second-order valence-corrected chi connectivity index (χ2v) is 4.40. The van der Waals surface area contributed by atoms with Crippen LogP contribution in [0, 0.1) is 0 Å². The quantitative estimate of drug-likeness (QED) is 0.674. The van der Waals surface area contributed by atoms with Crippen LogP contribution >= 0.6 is 0 Å². The first-order valence-corrected chi connectivity index (χ1v) is 5.79. The van der Waals surface area contributed by atoms with E-state index in [1.165, 1.54) is 17.7 Å². The van der Waals surface area contributed by atoms with Crippen LogP contribution in [-0.4, -0.2) is 15.6 Å². The summed E-state index contributed by atoms with van der Waals surface area (Å²) >= 11 is 0. The third-order valence-corrected chi connectivity index (χ3v) is 3.12. The lowest BCUT2D eigenvalue weighted by molar-refractivity contribution is 0.0695. The number of para-hydroxylation sites is 1. The SMILES string of the molecule is Cn1cc(C(=O)O)c(=O)c2c(=O)c3ccccc3oc21. The number of aromatic nitrogens is 1. The van der Waals surface area contributed by atoms with Crippen LogP contribution in [-0.2, 0) is 7.05 Å². The lowest BCUT2D eigenvalue weighted by Crippen LogP contribution is -2.23. The van der Waals surface area contributed by atoms with Crippen LogP contribution in [0.1, 0.15) is 10.4 Å². The van der Waals surface area contributed by atoms with Gasteiger partial charge in [-0.25, -0.2) is 4.79 Å². The smallest absolute Gasteiger partial charge is 0.341 e. The minimum absolute atomic E-state index is 0.0590. The maximum absolute atomic E-state index is 12.4. The van der Waals surface area contributed by atoms with Crippen molar-refractivity contribution in [1.29, 1.82) is 0 Å². The van der Waals surface area contributed by atoms with Crippen molar-refractivity contribution in [3.63, 3.8) is 0 Å². The molecule has 0 spiro atoms. The molecule has 6 nitrogen and oxygen atoms in total. The molecule has 0 aliphatic rings. The molecule has 0 aliphatic carbocycles. The number of hydrogen-bond acceptors (Lipinski definition) is 4. The standard InChI is InChI=1S/C14H9NO5/c1-15-6-8(14(18)19)12(17)10-11(16)7-4-2-3-5-9(7)20-13(10)15/h2-6H,1H3,(H,18,19). The topological polar surface area (TPSA) is 89.5 Å². The number of rotatable bonds is 1. The molecule has 3 rings (SSSR count). The molecule has 0 fully saturated rings. The molecular weight excluding hydrogens is 262 g/mol. The molecule has 0 radical (unpaired) electrons. The van der Waals surface area contributed by atoms with Crippen molar-refractivity contribution in [3.05, 3.63) is 56.5 Å². The molecule has 0 saturated carbocycles. The van der Waals surface area contributed by atoms with Gasteiger partial charge in [0.25, 0.3) is 0 Å². The van der Waals surface area contributed by atoms with Crippen LogP contribution < -0.4 is 10.9 Å². The Hall–Kier alpha value is -2.89. The molecule has 1 aromatic carbocycles. The fourth-order valence-corrected chi connectivity index (χ4v) is 2.18. The third-order valence-electron chi connectivity index (χ3n) is 3.12. The Labute approximate surface area is 111 Å². The second kappa shape index (κ2) is 4.06. The van der Waals surface area contributed by atoms with Crippen molar-refractivity contribution in [2.45, 2.75) is 0 Å². The van der Waals surface area contributed by atoms with Crippen molar-refractivity contribution in [2.75, 3.05) is 0 Å². The Balaban J connectivity index is 2.67. The van der Waals surface area contributed by atoms with Crippen LogP contribution in [0.15, 0.2) is 44.5 Å². The predicted octanol–water partition coefficient (Wildman–Crippen LogP) is 1.34. The molecule has 0 bridgehead atoms. The lowest BCUT2D eigenvalue weighted by Gasteiger charge is -2.06. The van der Waals surface area contributed by atoms with Crippen LogP contribution in [0.4, 0.5) is 0 Å². The zero-order valence-electron chi connectivity index (χ0n) is 10.4. The first-order chi connectivity index (χ1) is 9.50. The summed E-state index contributed by atoms with van der Waals surface area (Å²) < 4.78 is 6.87. The van der Waals surface area contributed by atoms with Crippen LogP contribution in [0.5, 0.6) is 0 Å². The first-order valence-electron chi connectivity index (χ1n) is 5.79. The molecule has 6 heteroatoms. The van der Waals surface area contributed by atoms with Gasteiger partial charge < -0.3 is 14.1 Å². The molecule has 2 heterocycles. The van der Waals surface area contributed by atoms with Crippen LogP contribution in [0.2, 0.25) is 0 Å². The third kappa shape index (κ3) is 1.55. The number of carbonyl (C=O) groups is 1. The monoisotopic (exact) mass is 271 g/mol. The number of nitrogens with zero attached hydrogens (tertiary/aromatic N) is 1. The minimum Gasteiger partial charge on any atom is -0.477 e. The number of hydrogen-bond donors (Lipinski definition) is 1. The van der Waals surface area contributed by atoms with Gasteiger partial charge in [-0.15, -0.1) is 0 Å². The maximum atomic E-state index is 12.4. The van der Waals surface area contributed by atoms with Gasteiger partial charge in [0, 0.05) is 13.2 Å². The minimum atomic E-state index is -1.37. The van der Waals surface area contributed by atoms with E-state index in [1.54, 1.807) is 18.2 Å². The van der Waals surface area contributed by atoms with E-state index in [-0.39, 0.29) is 16.5 Å². The van der Waals surface area contributed by atoms with E-state index < -0.39 is 22.4 Å². The van der Waals surface area contributed by atoms with Gasteiger partial charge in [0.05, 0.1) is 5.39 Å². The van der Waals surface area contributed by atoms with E-state index >= 15 is 0 Å². The molecule has 2 aromatic heterocycles. The van der Waals surface area contributed by atoms with Gasteiger partial charge in [-0.2, -0.15) is 0 Å². The number of carboxylic acids is 1. The van der Waals surface area contributed by atoms with E-state index in [2.05, 4.69) is 0 Å². The summed E-state index contributed by atoms with van der Waals surface area (Å²) in [7, 11) is 1.52. The summed E-state index contributed by atoms with van der Waals surface area (Å²) in [5, 5.41) is 9.01. The van der Waals surface area contributed by atoms with Gasteiger partial charge in [-0.1, -0.05) is 12.1 Å². The normalized spacial score (nSPS) is 11.1. The van der Waals surface area contributed by atoms with Crippen molar-refractivity contribution in [2.24, 2.45) is 7.05 Å². The Kier molecular flexibility index (Phi) is 2.47. The maximum Gasteiger partial charge on any atom is 0.341 e. The number of pyridine rings is 1. The number of fused-ring (bicyclic) bond motifs is 2. The van der Waals surface area contributed by atoms with Crippen LogP contribution in [0.25, 0.3) is 22.1 Å². The highest BCUT2D eigenvalue weighted by Crippen LogP contribution is 2.16. The highest BCUT2D eigenvalue weighted by Gasteiger charge is 2.18. The average molecular weight is 271 g/mol. The van der Waals surface area contributed by atoms with Gasteiger partial charge in [0.2, 0.25) is 16.6 Å². The first kappa shape index (κ1) is 12.2. The van der Waals surface area contributed by atoms with Crippen LogP contribution in [0.3, 0.4) is 0 Å². The largest absolute Gasteiger partial charge is 0.477 e. The van der Waals surface area contributed by atoms with E-state index in [4.69, 9.17) is 9.52 Å². The van der Waals surface area contributed by atoms with E-state index in [1.807, 2.05) is 0 Å². The highest BCUT2D eigenvalue weighted by atomic mass is 16.4. The van der Waals surface area contributed by atoms with Gasteiger partial charge in [-0.05, 0) is 12.1 Å². The lowest BCUT2D eigenvalue weighted by atomic mass is 10.1. The molecule has 0 atom stereocenters. The second-order valence-electron chi connectivity index (χ2n) is 4.40. The molecule has 100 valence electrons. The number of aryl methyl sites for hydroxylation is 1. The zero-order chi connectivity index (χ0) is 14.4. The Bertz CT molecular complexity index is 980. The van der Waals surface area contributed by atoms with E-state index in [0.717, 1.165) is 6.20 Å². The Morgan fingerprint density at radius 1 is 1.20 bits per heavy atom. The summed E-state index contributed by atoms with van der Waals surface area (Å²) in [6, 6.07) is 6.51. The summed E-state index contributed by atoms with van der Waals surface area (Å²) in [6.45, 7) is 0. The van der Waals surface area contributed by atoms with Gasteiger partial charge >= 0.3 is 5.97 Å². The molecular formula is C14H9NO5. The highest BCUT2D eigenvalue weighted by molar-refractivity contribution is 5.94. The van der Waals surface area contributed by atoms with E-state index in [9.17, 15) is 14.4 Å². The summed E-state index contributed by atoms with van der Waals surface area (Å²) in [5.41, 5.74) is -1.40. The number of aromatic carboxylic acids is 1. The number of benzene rings is 1. The molecule has 0 unspecified atom stereocenters. The molecule has 1 N–H and O–H groups in total. The summed E-state index contributed by atoms with van der Waals surface area (Å²) in [6.07, 6.45) is 1.14. The number of carboxylic acid groups (broad SMARTS) is 1. The average Bonchev–Trinajstić information content (AvgIpc) is 2.42. The fraction of sp³-hybridized carbons (Fsp3) is 0.0714. The Morgan fingerprint density at radius 3 is 2.60 bits per heavy atom. The van der Waals surface area contributed by atoms with Crippen molar-refractivity contribution < 1.29 is 14.3 Å². The van der Waals surface area contributed by atoms with Gasteiger partial charge in [0.15, 0.2) is 0 Å². The molecule has 3 aromatic rings. The molecule has 0 amide bonds. The summed E-state index contributed by atoms with van der Waals surface area (Å²) in [5.74, 6) is -1.37. The fourth-order valence-electron chi connectivity index (χ4n) is 2.18. The molecule has 0 aliphatic heterocycles. The van der Waals surface area contributed by atoms with Crippen molar-refractivity contribution in [3.8, 4) is 0 Å². The summed E-state index contributed by atoms with van der Waals surface area (Å²) in [4.78, 5) is 35.5. The molecule has 0 saturated heterocycles. The van der Waals surface area contributed by atoms with E-state index in [0.29, 0.717) is 5.58 Å². The Morgan fingerprint density at radius 2 is 1.90 bits per heavy atom.